The highest BCUT2D eigenvalue weighted by Gasteiger charge is 2.16. The molecule has 2 aromatic rings. The van der Waals surface area contributed by atoms with E-state index in [4.69, 9.17) is 37.4 Å². The van der Waals surface area contributed by atoms with Crippen LogP contribution in [0.15, 0.2) is 36.4 Å². The van der Waals surface area contributed by atoms with Gasteiger partial charge >= 0.3 is 5.97 Å². The van der Waals surface area contributed by atoms with E-state index in [1.165, 1.54) is 6.07 Å². The van der Waals surface area contributed by atoms with Crippen LogP contribution in [0.2, 0.25) is 10.0 Å². The van der Waals surface area contributed by atoms with Gasteiger partial charge in [0.05, 0.1) is 28.8 Å². The number of amides is 1. The first-order valence-electron chi connectivity index (χ1n) is 7.85. The minimum atomic E-state index is -0.730. The highest BCUT2D eigenvalue weighted by Crippen LogP contribution is 2.32. The molecule has 1 amide bonds. The molecule has 0 saturated heterocycles. The molecule has 1 aliphatic rings. The molecule has 1 N–H and O–H groups in total. The van der Waals surface area contributed by atoms with Gasteiger partial charge in [0.2, 0.25) is 0 Å². The van der Waals surface area contributed by atoms with Crippen LogP contribution >= 0.6 is 23.2 Å². The maximum atomic E-state index is 12.0. The highest BCUT2D eigenvalue weighted by molar-refractivity contribution is 6.43. The van der Waals surface area contributed by atoms with Crippen LogP contribution in [0.3, 0.4) is 0 Å². The summed E-state index contributed by atoms with van der Waals surface area (Å²) in [4.78, 5) is 24.0. The quantitative estimate of drug-likeness (QED) is 0.793. The lowest BCUT2D eigenvalue weighted by atomic mass is 10.2. The van der Waals surface area contributed by atoms with Crippen molar-refractivity contribution in [3.05, 3.63) is 52.0 Å². The third kappa shape index (κ3) is 4.39. The van der Waals surface area contributed by atoms with E-state index < -0.39 is 18.5 Å². The topological polar surface area (TPSA) is 73.9 Å². The van der Waals surface area contributed by atoms with Crippen LogP contribution in [0, 0.1) is 0 Å². The van der Waals surface area contributed by atoms with Crippen LogP contribution in [-0.4, -0.2) is 31.7 Å². The van der Waals surface area contributed by atoms with Crippen LogP contribution in [0.5, 0.6) is 11.5 Å². The summed E-state index contributed by atoms with van der Waals surface area (Å²) in [6.07, 6.45) is 0.790. The molecule has 0 atom stereocenters. The SMILES string of the molecule is O=C(COC(=O)c1cccc(Cl)c1Cl)Nc1ccc2c(c1)OCCCO2. The predicted octanol–water partition coefficient (Wildman–Crippen LogP) is 3.95. The van der Waals surface area contributed by atoms with Crippen LogP contribution in [0.25, 0.3) is 0 Å². The molecule has 26 heavy (non-hydrogen) atoms. The number of hydrogen-bond donors (Lipinski definition) is 1. The van der Waals surface area contributed by atoms with Crippen LogP contribution in [0.4, 0.5) is 5.69 Å². The zero-order valence-electron chi connectivity index (χ0n) is 13.6. The second-order valence-corrected chi connectivity index (χ2v) is 6.22. The highest BCUT2D eigenvalue weighted by atomic mass is 35.5. The van der Waals surface area contributed by atoms with Crippen molar-refractivity contribution in [3.63, 3.8) is 0 Å². The number of nitrogens with one attached hydrogen (secondary N) is 1. The third-order valence-corrected chi connectivity index (χ3v) is 4.36. The zero-order chi connectivity index (χ0) is 18.5. The van der Waals surface area contributed by atoms with Gasteiger partial charge in [0.25, 0.3) is 5.91 Å². The molecular weight excluding hydrogens is 381 g/mol. The second-order valence-electron chi connectivity index (χ2n) is 5.44. The lowest BCUT2D eigenvalue weighted by Gasteiger charge is -2.11. The summed E-state index contributed by atoms with van der Waals surface area (Å²) in [6, 6.07) is 9.65. The van der Waals surface area contributed by atoms with Crippen molar-refractivity contribution < 1.29 is 23.8 Å². The molecule has 8 heteroatoms. The number of carbonyl (C=O) groups excluding carboxylic acids is 2. The van der Waals surface area contributed by atoms with E-state index in [-0.39, 0.29) is 15.6 Å². The Morgan fingerprint density at radius 2 is 1.85 bits per heavy atom. The number of fused-ring (bicyclic) bond motifs is 1. The summed E-state index contributed by atoms with van der Waals surface area (Å²) in [7, 11) is 0. The number of hydrogen-bond acceptors (Lipinski definition) is 5. The molecule has 0 spiro atoms. The Kier molecular flexibility index (Phi) is 5.85. The van der Waals surface area contributed by atoms with Gasteiger partial charge in [0, 0.05) is 18.2 Å². The average molecular weight is 396 g/mol. The molecule has 2 aromatic carbocycles. The molecule has 0 bridgehead atoms. The molecule has 0 saturated carbocycles. The molecule has 3 rings (SSSR count). The molecule has 0 aromatic heterocycles. The molecular formula is C18H15Cl2NO5. The number of ether oxygens (including phenoxy) is 3. The fourth-order valence-corrected chi connectivity index (χ4v) is 2.69. The van der Waals surface area contributed by atoms with Gasteiger partial charge in [-0.2, -0.15) is 0 Å². The van der Waals surface area contributed by atoms with E-state index in [0.717, 1.165) is 6.42 Å². The van der Waals surface area contributed by atoms with Gasteiger partial charge in [-0.25, -0.2) is 4.79 Å². The van der Waals surface area contributed by atoms with Crippen molar-refractivity contribution in [1.29, 1.82) is 0 Å². The van der Waals surface area contributed by atoms with Crippen LogP contribution in [-0.2, 0) is 9.53 Å². The van der Waals surface area contributed by atoms with Crippen LogP contribution in [0.1, 0.15) is 16.8 Å². The molecule has 1 heterocycles. The van der Waals surface area contributed by atoms with Crippen molar-refractivity contribution in [2.24, 2.45) is 0 Å². The lowest BCUT2D eigenvalue weighted by molar-refractivity contribution is -0.119. The zero-order valence-corrected chi connectivity index (χ0v) is 15.1. The Bertz CT molecular complexity index is 840. The van der Waals surface area contributed by atoms with Gasteiger partial charge in [-0.05, 0) is 24.3 Å². The standard InChI is InChI=1S/C18H15Cl2NO5/c19-13-4-1-3-12(17(13)20)18(23)26-10-16(22)21-11-5-6-14-15(9-11)25-8-2-7-24-14/h1,3-6,9H,2,7-8,10H2,(H,21,22). The Morgan fingerprint density at radius 3 is 2.65 bits per heavy atom. The van der Waals surface area contributed by atoms with E-state index in [0.29, 0.717) is 30.4 Å². The first-order chi connectivity index (χ1) is 12.5. The van der Waals surface area contributed by atoms with Gasteiger partial charge in [-0.1, -0.05) is 29.3 Å². The fourth-order valence-electron chi connectivity index (χ4n) is 2.31. The second kappa shape index (κ2) is 8.29. The number of esters is 1. The lowest BCUT2D eigenvalue weighted by Crippen LogP contribution is -2.21. The summed E-state index contributed by atoms with van der Waals surface area (Å²) < 4.78 is 16.1. The van der Waals surface area contributed by atoms with E-state index >= 15 is 0 Å². The monoisotopic (exact) mass is 395 g/mol. The van der Waals surface area contributed by atoms with Crippen molar-refractivity contribution in [2.45, 2.75) is 6.42 Å². The van der Waals surface area contributed by atoms with Crippen LogP contribution < -0.4 is 14.8 Å². The van der Waals surface area contributed by atoms with Gasteiger partial charge in [-0.3, -0.25) is 4.79 Å². The third-order valence-electron chi connectivity index (χ3n) is 3.54. The minimum absolute atomic E-state index is 0.0856. The average Bonchev–Trinajstić information content (AvgIpc) is 2.87. The van der Waals surface area contributed by atoms with E-state index in [9.17, 15) is 9.59 Å². The maximum Gasteiger partial charge on any atom is 0.340 e. The van der Waals surface area contributed by atoms with Crippen molar-refractivity contribution in [3.8, 4) is 11.5 Å². The van der Waals surface area contributed by atoms with Gasteiger partial charge in [0.1, 0.15) is 0 Å². The summed E-state index contributed by atoms with van der Waals surface area (Å²) in [6.45, 7) is 0.666. The summed E-state index contributed by atoms with van der Waals surface area (Å²) >= 11 is 11.8. The molecule has 0 unspecified atom stereocenters. The maximum absolute atomic E-state index is 12.0. The molecule has 6 nitrogen and oxygen atoms in total. The number of rotatable bonds is 4. The van der Waals surface area contributed by atoms with Crippen molar-refractivity contribution in [1.82, 2.24) is 0 Å². The first kappa shape index (κ1) is 18.4. The molecule has 0 fully saturated rings. The summed E-state index contributed by atoms with van der Waals surface area (Å²) in [5.41, 5.74) is 0.610. The molecule has 136 valence electrons. The fraction of sp³-hybridized carbons (Fsp3) is 0.222. The van der Waals surface area contributed by atoms with E-state index in [1.54, 1.807) is 30.3 Å². The van der Waals surface area contributed by atoms with Gasteiger partial charge < -0.3 is 19.5 Å². The molecule has 0 radical (unpaired) electrons. The number of benzene rings is 2. The normalized spacial score (nSPS) is 12.8. The molecule has 0 aliphatic carbocycles. The van der Waals surface area contributed by atoms with Crippen molar-refractivity contribution >= 4 is 40.8 Å². The van der Waals surface area contributed by atoms with E-state index in [2.05, 4.69) is 5.32 Å². The first-order valence-corrected chi connectivity index (χ1v) is 8.61. The molecule has 1 aliphatic heterocycles. The predicted molar refractivity (Wildman–Crippen MR) is 97.4 cm³/mol. The van der Waals surface area contributed by atoms with Gasteiger partial charge in [-0.15, -0.1) is 0 Å². The Hall–Kier alpha value is -2.44. The smallest absolute Gasteiger partial charge is 0.340 e. The van der Waals surface area contributed by atoms with Gasteiger partial charge in [0.15, 0.2) is 18.1 Å². The number of carbonyl (C=O) groups is 2. The summed E-state index contributed by atoms with van der Waals surface area (Å²) in [5.74, 6) is -0.0390. The largest absolute Gasteiger partial charge is 0.490 e. The van der Waals surface area contributed by atoms with E-state index in [1.807, 2.05) is 0 Å². The Labute approximate surface area is 159 Å². The Balaban J connectivity index is 1.58. The minimum Gasteiger partial charge on any atom is -0.490 e. The Morgan fingerprint density at radius 1 is 1.08 bits per heavy atom. The van der Waals surface area contributed by atoms with Crippen molar-refractivity contribution in [2.75, 3.05) is 25.1 Å². The summed E-state index contributed by atoms with van der Waals surface area (Å²) in [5, 5.41) is 2.95. The number of anilines is 1. The number of halogens is 2.